The summed E-state index contributed by atoms with van der Waals surface area (Å²) in [6.07, 6.45) is 1.82. The molecule has 1 amide bonds. The van der Waals surface area contributed by atoms with Crippen molar-refractivity contribution in [2.45, 2.75) is 20.4 Å². The molecule has 4 heteroatoms. The average molecular weight is 333 g/mol. The van der Waals surface area contributed by atoms with Gasteiger partial charge in [0.2, 0.25) is 0 Å². The lowest BCUT2D eigenvalue weighted by Crippen LogP contribution is -2.13. The molecule has 0 radical (unpaired) electrons. The Labute approximate surface area is 127 Å². The fourth-order valence-corrected chi connectivity index (χ4v) is 2.82. The zero-order valence-electron chi connectivity index (χ0n) is 11.6. The number of nitrogens with two attached hydrogens (primary N) is 1. The first kappa shape index (κ1) is 14.6. The van der Waals surface area contributed by atoms with Gasteiger partial charge in [0.1, 0.15) is 0 Å². The molecule has 0 aliphatic carbocycles. The molecule has 104 valence electrons. The van der Waals surface area contributed by atoms with E-state index >= 15 is 0 Å². The van der Waals surface area contributed by atoms with Crippen LogP contribution in [0, 0.1) is 13.8 Å². The molecule has 2 rings (SSSR count). The highest BCUT2D eigenvalue weighted by molar-refractivity contribution is 9.10. The minimum atomic E-state index is -0.397. The average Bonchev–Trinajstić information content (AvgIpc) is 2.65. The number of benzene rings is 1. The fourth-order valence-electron chi connectivity index (χ4n) is 2.56. The summed E-state index contributed by atoms with van der Waals surface area (Å²) in [6.45, 7) is 8.34. The Bertz CT molecular complexity index is 669. The van der Waals surface area contributed by atoms with Gasteiger partial charge in [0, 0.05) is 28.0 Å². The van der Waals surface area contributed by atoms with E-state index in [9.17, 15) is 4.79 Å². The molecule has 0 atom stereocenters. The Morgan fingerprint density at radius 3 is 2.40 bits per heavy atom. The smallest absolute Gasteiger partial charge is 0.251 e. The van der Waals surface area contributed by atoms with E-state index < -0.39 is 5.91 Å². The zero-order chi connectivity index (χ0) is 14.9. The van der Waals surface area contributed by atoms with E-state index in [2.05, 4.69) is 27.1 Å². The lowest BCUT2D eigenvalue weighted by atomic mass is 10.0. The van der Waals surface area contributed by atoms with E-state index in [0.29, 0.717) is 12.1 Å². The van der Waals surface area contributed by atoms with Crippen molar-refractivity contribution < 1.29 is 4.79 Å². The second kappa shape index (κ2) is 5.67. The van der Waals surface area contributed by atoms with Crippen molar-refractivity contribution in [3.63, 3.8) is 0 Å². The molecule has 0 saturated carbocycles. The van der Waals surface area contributed by atoms with E-state index in [-0.39, 0.29) is 0 Å². The van der Waals surface area contributed by atoms with E-state index in [1.165, 1.54) is 0 Å². The number of hydrogen-bond acceptors (Lipinski definition) is 1. The first-order valence-electron chi connectivity index (χ1n) is 6.33. The zero-order valence-corrected chi connectivity index (χ0v) is 13.2. The van der Waals surface area contributed by atoms with Crippen molar-refractivity contribution in [3.8, 4) is 11.1 Å². The van der Waals surface area contributed by atoms with Gasteiger partial charge in [-0.25, -0.2) is 0 Å². The Morgan fingerprint density at radius 1 is 1.30 bits per heavy atom. The number of aromatic nitrogens is 1. The highest BCUT2D eigenvalue weighted by Crippen LogP contribution is 2.32. The second-order valence-electron chi connectivity index (χ2n) is 4.69. The van der Waals surface area contributed by atoms with Crippen molar-refractivity contribution in [1.82, 2.24) is 4.57 Å². The third-order valence-corrected chi connectivity index (χ3v) is 4.00. The fraction of sp³-hybridized carbons (Fsp3) is 0.188. The van der Waals surface area contributed by atoms with Crippen LogP contribution in [0.4, 0.5) is 0 Å². The molecule has 0 aliphatic heterocycles. The number of amides is 1. The summed E-state index contributed by atoms with van der Waals surface area (Å²) >= 11 is 3.42. The van der Waals surface area contributed by atoms with Gasteiger partial charge in [-0.3, -0.25) is 4.79 Å². The van der Waals surface area contributed by atoms with E-state index in [4.69, 9.17) is 5.73 Å². The molecular weight excluding hydrogens is 316 g/mol. The van der Waals surface area contributed by atoms with Crippen molar-refractivity contribution in [2.75, 3.05) is 0 Å². The number of hydrogen-bond donors (Lipinski definition) is 1. The van der Waals surface area contributed by atoms with Crippen LogP contribution in [0.2, 0.25) is 0 Å². The lowest BCUT2D eigenvalue weighted by Gasteiger charge is -2.06. The predicted octanol–water partition coefficient (Wildman–Crippen LogP) is 3.82. The Balaban J connectivity index is 2.73. The summed E-state index contributed by atoms with van der Waals surface area (Å²) in [7, 11) is 0. The summed E-state index contributed by atoms with van der Waals surface area (Å²) in [6, 6.07) is 7.88. The van der Waals surface area contributed by atoms with Crippen LogP contribution < -0.4 is 5.73 Å². The summed E-state index contributed by atoms with van der Waals surface area (Å²) in [5, 5.41) is 0. The normalized spacial score (nSPS) is 10.6. The van der Waals surface area contributed by atoms with Gasteiger partial charge in [0.15, 0.2) is 0 Å². The van der Waals surface area contributed by atoms with E-state index in [1.807, 2.05) is 44.2 Å². The number of primary amides is 1. The van der Waals surface area contributed by atoms with Gasteiger partial charge in [-0.1, -0.05) is 34.1 Å². The first-order chi connectivity index (χ1) is 9.47. The van der Waals surface area contributed by atoms with Crippen molar-refractivity contribution >= 4 is 21.8 Å². The molecule has 1 aromatic carbocycles. The number of nitrogens with zero attached hydrogens (tertiary/aromatic N) is 1. The van der Waals surface area contributed by atoms with E-state index in [0.717, 1.165) is 27.0 Å². The molecule has 0 aliphatic rings. The van der Waals surface area contributed by atoms with Crippen LogP contribution in [0.5, 0.6) is 0 Å². The maximum atomic E-state index is 11.8. The van der Waals surface area contributed by atoms with Crippen molar-refractivity contribution in [3.05, 3.63) is 58.3 Å². The number of rotatable bonds is 4. The van der Waals surface area contributed by atoms with Crippen LogP contribution in [0.15, 0.2) is 41.4 Å². The van der Waals surface area contributed by atoms with E-state index in [1.54, 1.807) is 0 Å². The summed E-state index contributed by atoms with van der Waals surface area (Å²) in [5.74, 6) is -0.397. The maximum Gasteiger partial charge on any atom is 0.251 e. The topological polar surface area (TPSA) is 48.0 Å². The molecule has 2 N–H and O–H groups in total. The molecule has 1 heterocycles. The second-order valence-corrected chi connectivity index (χ2v) is 5.61. The number of carbonyl (C=O) groups is 1. The van der Waals surface area contributed by atoms with Crippen molar-refractivity contribution in [2.24, 2.45) is 5.73 Å². The summed E-state index contributed by atoms with van der Waals surface area (Å²) in [5.41, 5.74) is 9.97. The lowest BCUT2D eigenvalue weighted by molar-refractivity contribution is 0.1000. The molecule has 0 unspecified atom stereocenters. The Hall–Kier alpha value is -1.81. The number of carbonyl (C=O) groups excluding carboxylic acids is 1. The van der Waals surface area contributed by atoms with Gasteiger partial charge in [0.25, 0.3) is 5.91 Å². The van der Waals surface area contributed by atoms with Gasteiger partial charge in [0.05, 0.1) is 5.56 Å². The standard InChI is InChI=1S/C16H17BrN2O/c1-4-9-19-10(2)14(15(11(19)3)16(18)20)12-5-7-13(17)8-6-12/h4-8H,1,9H2,2-3H3,(H2,18,20). The molecular formula is C16H17BrN2O. The quantitative estimate of drug-likeness (QED) is 0.850. The van der Waals surface area contributed by atoms with Gasteiger partial charge >= 0.3 is 0 Å². The Morgan fingerprint density at radius 2 is 1.90 bits per heavy atom. The minimum Gasteiger partial charge on any atom is -0.366 e. The molecule has 0 fully saturated rings. The van der Waals surface area contributed by atoms with Gasteiger partial charge in [-0.2, -0.15) is 0 Å². The van der Waals surface area contributed by atoms with Crippen LogP contribution in [0.1, 0.15) is 21.7 Å². The largest absolute Gasteiger partial charge is 0.366 e. The highest BCUT2D eigenvalue weighted by Gasteiger charge is 2.21. The molecule has 0 spiro atoms. The summed E-state index contributed by atoms with van der Waals surface area (Å²) < 4.78 is 3.06. The van der Waals surface area contributed by atoms with Crippen LogP contribution >= 0.6 is 15.9 Å². The maximum absolute atomic E-state index is 11.8. The number of halogens is 1. The Kier molecular flexibility index (Phi) is 4.14. The molecule has 0 bridgehead atoms. The SMILES string of the molecule is C=CCn1c(C)c(C(N)=O)c(-c2ccc(Br)cc2)c1C. The molecule has 3 nitrogen and oxygen atoms in total. The highest BCUT2D eigenvalue weighted by atomic mass is 79.9. The molecule has 2 aromatic rings. The van der Waals surface area contributed by atoms with Crippen LogP contribution in [0.3, 0.4) is 0 Å². The van der Waals surface area contributed by atoms with Gasteiger partial charge in [-0.05, 0) is 31.5 Å². The summed E-state index contributed by atoms with van der Waals surface area (Å²) in [4.78, 5) is 11.8. The minimum absolute atomic E-state index is 0.397. The predicted molar refractivity (Wildman–Crippen MR) is 85.8 cm³/mol. The first-order valence-corrected chi connectivity index (χ1v) is 7.13. The molecule has 1 aromatic heterocycles. The van der Waals surface area contributed by atoms with Gasteiger partial charge in [-0.15, -0.1) is 6.58 Å². The van der Waals surface area contributed by atoms with Crippen LogP contribution in [-0.2, 0) is 6.54 Å². The third-order valence-electron chi connectivity index (χ3n) is 3.47. The third kappa shape index (κ3) is 2.43. The number of allylic oxidation sites excluding steroid dienone is 1. The molecule has 0 saturated heterocycles. The van der Waals surface area contributed by atoms with Crippen molar-refractivity contribution in [1.29, 1.82) is 0 Å². The van der Waals surface area contributed by atoms with Crippen LogP contribution in [-0.4, -0.2) is 10.5 Å². The molecule has 20 heavy (non-hydrogen) atoms. The van der Waals surface area contributed by atoms with Crippen LogP contribution in [0.25, 0.3) is 11.1 Å². The monoisotopic (exact) mass is 332 g/mol. The van der Waals surface area contributed by atoms with Gasteiger partial charge < -0.3 is 10.3 Å².